The minimum absolute atomic E-state index is 0.161. The van der Waals surface area contributed by atoms with Gasteiger partial charge in [0.05, 0.1) is 26.5 Å². The van der Waals surface area contributed by atoms with E-state index in [1.54, 1.807) is 21.1 Å². The number of nitrogens with zero attached hydrogens (tertiary/aromatic N) is 2. The number of aliphatic hydroxyl groups is 1. The lowest BCUT2D eigenvalue weighted by atomic mass is 9.98. The van der Waals surface area contributed by atoms with Crippen LogP contribution in [0.3, 0.4) is 0 Å². The predicted octanol–water partition coefficient (Wildman–Crippen LogP) is 4.88. The van der Waals surface area contributed by atoms with Gasteiger partial charge in [-0.3, -0.25) is 9.56 Å². The van der Waals surface area contributed by atoms with Gasteiger partial charge in [0, 0.05) is 41.2 Å². The Hall–Kier alpha value is -2.94. The Morgan fingerprint density at radius 3 is 2.56 bits per heavy atom. The Labute approximate surface area is 218 Å². The van der Waals surface area contributed by atoms with Crippen LogP contribution in [0.15, 0.2) is 59.7 Å². The quantitative estimate of drug-likeness (QED) is 0.140. The molecule has 9 nitrogen and oxygen atoms in total. The largest absolute Gasteiger partial charge is 0.493 e. The van der Waals surface area contributed by atoms with E-state index in [0.29, 0.717) is 29.7 Å². The number of halogens is 1. The summed E-state index contributed by atoms with van der Waals surface area (Å²) in [4.78, 5) is 3.72. The zero-order chi connectivity index (χ0) is 26.5. The van der Waals surface area contributed by atoms with Crippen LogP contribution >= 0.6 is 20.1 Å². The highest BCUT2D eigenvalue weighted by Gasteiger charge is 2.28. The van der Waals surface area contributed by atoms with Crippen molar-refractivity contribution in [3.8, 4) is 17.2 Å². The van der Waals surface area contributed by atoms with E-state index in [2.05, 4.69) is 21.1 Å². The van der Waals surface area contributed by atoms with Crippen molar-refractivity contribution < 1.29 is 23.9 Å². The molecule has 3 aromatic rings. The molecule has 1 aliphatic rings. The summed E-state index contributed by atoms with van der Waals surface area (Å²) in [5.74, 6) is 6.23. The number of fused-ring (bicyclic) bond motifs is 3. The first kappa shape index (κ1) is 29.3. The molecule has 36 heavy (non-hydrogen) atoms. The Morgan fingerprint density at radius 2 is 1.97 bits per heavy atom. The third-order valence-electron chi connectivity index (χ3n) is 5.00. The number of aromatic nitrogens is 1. The molecule has 1 atom stereocenters. The zero-order valence-electron chi connectivity index (χ0n) is 20.8. The van der Waals surface area contributed by atoms with Crippen LogP contribution in [0.2, 0.25) is 5.02 Å². The van der Waals surface area contributed by atoms with Crippen LogP contribution < -0.4 is 20.7 Å². The van der Waals surface area contributed by atoms with Gasteiger partial charge in [0.15, 0.2) is 11.5 Å². The van der Waals surface area contributed by atoms with Gasteiger partial charge in [0.25, 0.3) is 0 Å². The molecule has 0 bridgehead atoms. The molecule has 2 heterocycles. The van der Waals surface area contributed by atoms with E-state index in [1.807, 2.05) is 55.6 Å². The fraction of sp³-hybridized carbons (Fsp3) is 0.320. The molecule has 1 aliphatic heterocycles. The van der Waals surface area contributed by atoms with Crippen molar-refractivity contribution in [3.05, 3.63) is 76.6 Å². The highest BCUT2D eigenvalue weighted by atomic mass is 35.5. The van der Waals surface area contributed by atoms with Crippen LogP contribution in [-0.4, -0.2) is 42.6 Å². The van der Waals surface area contributed by atoms with Gasteiger partial charge >= 0.3 is 0 Å². The molecule has 1 unspecified atom stereocenters. The molecule has 0 saturated heterocycles. The number of aliphatic imine (C=N–C) groups is 1. The van der Waals surface area contributed by atoms with Gasteiger partial charge in [-0.1, -0.05) is 23.7 Å². The normalized spacial score (nSPS) is 14.2. The van der Waals surface area contributed by atoms with Crippen molar-refractivity contribution in [3.63, 3.8) is 0 Å². The number of ether oxygens (including phenoxy) is 3. The highest BCUT2D eigenvalue weighted by molar-refractivity contribution is 7.46. The Balaban J connectivity index is 0.000000352. The highest BCUT2D eigenvalue weighted by Crippen LogP contribution is 2.43. The number of methoxy groups -OCH3 is 2. The van der Waals surface area contributed by atoms with E-state index >= 15 is 0 Å². The predicted molar refractivity (Wildman–Crippen MR) is 143 cm³/mol. The van der Waals surface area contributed by atoms with Crippen molar-refractivity contribution in [2.45, 2.75) is 26.6 Å². The maximum Gasteiger partial charge on any atom is 0.232 e. The number of hydrogen-bond acceptors (Lipinski definition) is 7. The lowest BCUT2D eigenvalue weighted by Gasteiger charge is -2.22. The molecule has 0 radical (unpaired) electrons. The topological polar surface area (TPSA) is 120 Å². The number of hydrogen-bond donors (Lipinski definition) is 3. The first-order chi connectivity index (χ1) is 17.5. The molecule has 0 aliphatic carbocycles. The summed E-state index contributed by atoms with van der Waals surface area (Å²) in [6.45, 7) is 4.85. The Morgan fingerprint density at radius 1 is 1.22 bits per heavy atom. The Kier molecular flexibility index (Phi) is 12.4. The number of nitrogens with one attached hydrogen (secondary N) is 1. The number of para-hydroxylation sites is 1. The van der Waals surface area contributed by atoms with Crippen LogP contribution in [0.1, 0.15) is 36.8 Å². The minimum Gasteiger partial charge on any atom is -0.493 e. The zero-order valence-corrected chi connectivity index (χ0v) is 22.4. The molecule has 0 saturated carbocycles. The van der Waals surface area contributed by atoms with Crippen molar-refractivity contribution >= 4 is 25.6 Å². The molecule has 0 fully saturated rings. The van der Waals surface area contributed by atoms with Crippen molar-refractivity contribution in [2.24, 2.45) is 10.8 Å². The number of nitrogens with two attached hydrogens (primary N) is 1. The lowest BCUT2D eigenvalue weighted by Crippen LogP contribution is -2.25. The summed E-state index contributed by atoms with van der Waals surface area (Å²) in [5.41, 5.74) is 6.51. The summed E-state index contributed by atoms with van der Waals surface area (Å²) in [6, 6.07) is 15.8. The SMILES string of the molecule is CCN=C(NN)P=O.CCO.COc1cccc(C2OCc3cccn3-c3ccc(Cl)cc32)c1OC. The smallest absolute Gasteiger partial charge is 0.232 e. The van der Waals surface area contributed by atoms with E-state index in [9.17, 15) is 4.57 Å². The van der Waals surface area contributed by atoms with Crippen LogP contribution in [-0.2, 0) is 15.9 Å². The van der Waals surface area contributed by atoms with E-state index in [-0.39, 0.29) is 26.7 Å². The molecule has 194 valence electrons. The number of hydrazine groups is 1. The molecule has 0 spiro atoms. The summed E-state index contributed by atoms with van der Waals surface area (Å²) >= 11 is 6.30. The molecule has 1 aromatic heterocycles. The fourth-order valence-corrected chi connectivity index (χ4v) is 4.04. The summed E-state index contributed by atoms with van der Waals surface area (Å²) < 4.78 is 29.4. The van der Waals surface area contributed by atoms with Crippen LogP contribution in [0.4, 0.5) is 0 Å². The standard InChI is InChI=1S/C20H18ClNO3.C3H8N3OP.C2H6O/c1-23-18-7-3-6-15(20(18)24-2)19-16-11-13(21)8-9-17(16)22-10-4-5-14(22)12-25-19;1-2-5-3(6-4)8-7;1-2-3/h3-11,19H,12H2,1-2H3;2,4H2,1H3,(H,5,6);3H,2H2,1H3. The van der Waals surface area contributed by atoms with Gasteiger partial charge < -0.3 is 29.3 Å². The summed E-state index contributed by atoms with van der Waals surface area (Å²) in [7, 11) is 3.11. The summed E-state index contributed by atoms with van der Waals surface area (Å²) in [6.07, 6.45) is 1.73. The summed E-state index contributed by atoms with van der Waals surface area (Å²) in [5, 5.41) is 8.24. The van der Waals surface area contributed by atoms with E-state index in [4.69, 9.17) is 36.8 Å². The van der Waals surface area contributed by atoms with Crippen LogP contribution in [0.25, 0.3) is 5.69 Å². The second-order valence-electron chi connectivity index (χ2n) is 7.20. The van der Waals surface area contributed by atoms with Gasteiger partial charge in [-0.25, -0.2) is 5.84 Å². The maximum absolute atomic E-state index is 9.95. The van der Waals surface area contributed by atoms with Gasteiger partial charge in [-0.15, -0.1) is 0 Å². The van der Waals surface area contributed by atoms with Crippen molar-refractivity contribution in [1.82, 2.24) is 9.99 Å². The van der Waals surface area contributed by atoms with Gasteiger partial charge in [0.1, 0.15) is 6.10 Å². The van der Waals surface area contributed by atoms with Crippen LogP contribution in [0.5, 0.6) is 11.5 Å². The molecule has 4 rings (SSSR count). The average Bonchev–Trinajstić information content (AvgIpc) is 3.30. The molecule has 11 heteroatoms. The number of aliphatic hydroxyl groups excluding tert-OH is 1. The Bertz CT molecular complexity index is 1160. The molecule has 4 N–H and O–H groups in total. The van der Waals surface area contributed by atoms with Gasteiger partial charge in [-0.05, 0) is 50.2 Å². The minimum atomic E-state index is -0.307. The molecule has 0 amide bonds. The third kappa shape index (κ3) is 7.29. The molecular weight excluding hydrogens is 503 g/mol. The molecule has 2 aromatic carbocycles. The molecular formula is C25H32ClN4O5P. The number of benzene rings is 2. The first-order valence-corrected chi connectivity index (χ1v) is 12.4. The van der Waals surface area contributed by atoms with Gasteiger partial charge in [0.2, 0.25) is 14.0 Å². The van der Waals surface area contributed by atoms with E-state index in [1.165, 1.54) is 0 Å². The monoisotopic (exact) mass is 534 g/mol. The third-order valence-corrected chi connectivity index (χ3v) is 5.68. The second kappa shape index (κ2) is 15.2. The van der Waals surface area contributed by atoms with Crippen molar-refractivity contribution in [1.29, 1.82) is 0 Å². The van der Waals surface area contributed by atoms with E-state index < -0.39 is 0 Å². The van der Waals surface area contributed by atoms with Crippen molar-refractivity contribution in [2.75, 3.05) is 27.4 Å². The number of amidine groups is 1. The average molecular weight is 535 g/mol. The number of rotatable bonds is 5. The first-order valence-electron chi connectivity index (χ1n) is 11.2. The lowest BCUT2D eigenvalue weighted by molar-refractivity contribution is 0.0660. The van der Waals surface area contributed by atoms with Crippen LogP contribution in [0, 0.1) is 0 Å². The maximum atomic E-state index is 9.95. The second-order valence-corrected chi connectivity index (χ2v) is 8.24. The van der Waals surface area contributed by atoms with Gasteiger partial charge in [-0.2, -0.15) is 0 Å². The fourth-order valence-electron chi connectivity index (χ4n) is 3.61. The van der Waals surface area contributed by atoms with E-state index in [0.717, 1.165) is 22.5 Å².